The minimum Gasteiger partial charge on any atom is -0.483 e. The lowest BCUT2D eigenvalue weighted by Gasteiger charge is -2.10. The Morgan fingerprint density at radius 1 is 1.07 bits per heavy atom. The Balaban J connectivity index is 1.54. The molecule has 1 amide bonds. The molecule has 1 aromatic heterocycles. The molecule has 1 heterocycles. The number of halogens is 1. The molecule has 5 nitrogen and oxygen atoms in total. The van der Waals surface area contributed by atoms with Crippen LogP contribution in [0.25, 0.3) is 22.6 Å². The minimum absolute atomic E-state index is 0.0931. The third-order valence-electron chi connectivity index (χ3n) is 4.75. The number of anilines is 1. The molecule has 0 bridgehead atoms. The average molecular weight is 421 g/mol. The fourth-order valence-corrected chi connectivity index (χ4v) is 3.52. The molecular weight excluding hydrogens is 400 g/mol. The Morgan fingerprint density at radius 3 is 2.67 bits per heavy atom. The van der Waals surface area contributed by atoms with E-state index in [1.165, 1.54) is 0 Å². The highest BCUT2D eigenvalue weighted by Gasteiger charge is 2.15. The van der Waals surface area contributed by atoms with Crippen LogP contribution in [0.3, 0.4) is 0 Å². The van der Waals surface area contributed by atoms with Crippen molar-refractivity contribution in [2.75, 3.05) is 11.9 Å². The molecule has 0 aliphatic rings. The summed E-state index contributed by atoms with van der Waals surface area (Å²) in [5.41, 5.74) is 5.80. The smallest absolute Gasteiger partial charge is 0.262 e. The number of aromatic nitrogens is 1. The number of carbonyl (C=O) groups excluding carboxylic acids is 1. The van der Waals surface area contributed by atoms with Crippen LogP contribution in [0.2, 0.25) is 5.02 Å². The van der Waals surface area contributed by atoms with Gasteiger partial charge < -0.3 is 14.5 Å². The lowest BCUT2D eigenvalue weighted by atomic mass is 10.1. The number of amides is 1. The van der Waals surface area contributed by atoms with Crippen molar-refractivity contribution in [2.45, 2.75) is 20.8 Å². The van der Waals surface area contributed by atoms with Crippen LogP contribution in [0.4, 0.5) is 5.69 Å². The van der Waals surface area contributed by atoms with Gasteiger partial charge in [-0.1, -0.05) is 35.9 Å². The number of hydrogen-bond acceptors (Lipinski definition) is 4. The molecule has 0 aliphatic heterocycles. The summed E-state index contributed by atoms with van der Waals surface area (Å²) in [5, 5.41) is 3.32. The maximum absolute atomic E-state index is 12.3. The highest BCUT2D eigenvalue weighted by molar-refractivity contribution is 6.33. The molecule has 1 N–H and O–H groups in total. The molecule has 30 heavy (non-hydrogen) atoms. The molecule has 3 aromatic carbocycles. The van der Waals surface area contributed by atoms with Crippen molar-refractivity contribution in [2.24, 2.45) is 0 Å². The summed E-state index contributed by atoms with van der Waals surface area (Å²) < 4.78 is 11.6. The van der Waals surface area contributed by atoms with Crippen molar-refractivity contribution in [1.82, 2.24) is 4.98 Å². The molecular formula is C24H21ClN2O3. The van der Waals surface area contributed by atoms with Crippen LogP contribution >= 0.6 is 11.6 Å². The number of para-hydroxylation sites is 1. The van der Waals surface area contributed by atoms with Crippen LogP contribution in [0.5, 0.6) is 5.75 Å². The van der Waals surface area contributed by atoms with Gasteiger partial charge in [-0.05, 0) is 67.8 Å². The van der Waals surface area contributed by atoms with E-state index in [1.807, 2.05) is 57.2 Å². The molecule has 152 valence electrons. The van der Waals surface area contributed by atoms with Gasteiger partial charge in [0.05, 0.1) is 10.6 Å². The summed E-state index contributed by atoms with van der Waals surface area (Å²) in [6, 6.07) is 16.8. The Bertz CT molecular complexity index is 1250. The van der Waals surface area contributed by atoms with Crippen molar-refractivity contribution in [3.05, 3.63) is 76.3 Å². The van der Waals surface area contributed by atoms with Gasteiger partial charge in [0.2, 0.25) is 5.89 Å². The second-order valence-corrected chi connectivity index (χ2v) is 7.65. The first kappa shape index (κ1) is 20.0. The van der Waals surface area contributed by atoms with Gasteiger partial charge in [-0.2, -0.15) is 0 Å². The molecule has 0 fully saturated rings. The maximum Gasteiger partial charge on any atom is 0.262 e. The number of ether oxygens (including phenoxy) is 1. The third-order valence-corrected chi connectivity index (χ3v) is 5.08. The first-order valence-electron chi connectivity index (χ1n) is 9.57. The van der Waals surface area contributed by atoms with Crippen LogP contribution < -0.4 is 10.1 Å². The van der Waals surface area contributed by atoms with Crippen molar-refractivity contribution in [3.8, 4) is 17.2 Å². The van der Waals surface area contributed by atoms with E-state index in [-0.39, 0.29) is 12.5 Å². The highest BCUT2D eigenvalue weighted by Crippen LogP contribution is 2.33. The Hall–Kier alpha value is -3.31. The topological polar surface area (TPSA) is 64.4 Å². The SMILES string of the molecule is Cc1cc(C)c2oc(-c3cc(NC(=O)COc4ccccc4C)ccc3Cl)nc2c1. The van der Waals surface area contributed by atoms with E-state index in [1.54, 1.807) is 18.2 Å². The number of rotatable bonds is 5. The fraction of sp³-hybridized carbons (Fsp3) is 0.167. The molecule has 4 aromatic rings. The van der Waals surface area contributed by atoms with Crippen LogP contribution in [0, 0.1) is 20.8 Å². The molecule has 0 radical (unpaired) electrons. The van der Waals surface area contributed by atoms with Crippen molar-refractivity contribution in [3.63, 3.8) is 0 Å². The van der Waals surface area contributed by atoms with Gasteiger partial charge in [-0.3, -0.25) is 4.79 Å². The zero-order valence-corrected chi connectivity index (χ0v) is 17.7. The number of aryl methyl sites for hydroxylation is 3. The summed E-state index contributed by atoms with van der Waals surface area (Å²) in [6.07, 6.45) is 0. The number of benzene rings is 3. The number of hydrogen-bond donors (Lipinski definition) is 1. The van der Waals surface area contributed by atoms with Gasteiger partial charge in [0, 0.05) is 5.69 Å². The van der Waals surface area contributed by atoms with Crippen LogP contribution in [0.15, 0.2) is 59.0 Å². The van der Waals surface area contributed by atoms with E-state index < -0.39 is 0 Å². The van der Waals surface area contributed by atoms with E-state index in [4.69, 9.17) is 20.8 Å². The first-order valence-corrected chi connectivity index (χ1v) is 9.94. The summed E-state index contributed by atoms with van der Waals surface area (Å²) >= 11 is 6.39. The van der Waals surface area contributed by atoms with Gasteiger partial charge in [0.25, 0.3) is 5.91 Å². The van der Waals surface area contributed by atoms with E-state index in [0.717, 1.165) is 27.8 Å². The Morgan fingerprint density at radius 2 is 1.87 bits per heavy atom. The predicted molar refractivity (Wildman–Crippen MR) is 119 cm³/mol. The summed E-state index contributed by atoms with van der Waals surface area (Å²) in [5.74, 6) is 0.827. The summed E-state index contributed by atoms with van der Waals surface area (Å²) in [6.45, 7) is 5.84. The van der Waals surface area contributed by atoms with Crippen LogP contribution in [0.1, 0.15) is 16.7 Å². The van der Waals surface area contributed by atoms with E-state index >= 15 is 0 Å². The molecule has 0 spiro atoms. The first-order chi connectivity index (χ1) is 14.4. The number of oxazole rings is 1. The second-order valence-electron chi connectivity index (χ2n) is 7.25. The van der Waals surface area contributed by atoms with Gasteiger partial charge in [-0.15, -0.1) is 0 Å². The molecule has 0 atom stereocenters. The van der Waals surface area contributed by atoms with E-state index in [2.05, 4.69) is 10.3 Å². The summed E-state index contributed by atoms with van der Waals surface area (Å²) in [7, 11) is 0. The number of nitrogens with zero attached hydrogens (tertiary/aromatic N) is 1. The van der Waals surface area contributed by atoms with Gasteiger partial charge in [0.15, 0.2) is 12.2 Å². The third kappa shape index (κ3) is 4.16. The molecule has 4 rings (SSSR count). The quantitative estimate of drug-likeness (QED) is 0.424. The molecule has 0 unspecified atom stereocenters. The lowest BCUT2D eigenvalue weighted by molar-refractivity contribution is -0.118. The zero-order valence-electron chi connectivity index (χ0n) is 17.0. The molecule has 0 saturated carbocycles. The average Bonchev–Trinajstić information content (AvgIpc) is 3.13. The minimum atomic E-state index is -0.268. The predicted octanol–water partition coefficient (Wildman–Crippen LogP) is 6.09. The van der Waals surface area contributed by atoms with Gasteiger partial charge >= 0.3 is 0 Å². The normalized spacial score (nSPS) is 10.9. The molecule has 0 saturated heterocycles. The Labute approximate surface area is 179 Å². The van der Waals surface area contributed by atoms with Crippen molar-refractivity contribution in [1.29, 1.82) is 0 Å². The zero-order chi connectivity index (χ0) is 21.3. The van der Waals surface area contributed by atoms with Gasteiger partial charge in [-0.25, -0.2) is 4.98 Å². The number of nitrogens with one attached hydrogen (secondary N) is 1. The number of carbonyl (C=O) groups is 1. The maximum atomic E-state index is 12.3. The molecule has 6 heteroatoms. The standard InChI is InChI=1S/C24H21ClN2O3/c1-14-10-16(3)23-20(11-14)27-24(30-23)18-12-17(8-9-19(18)25)26-22(28)13-29-21-7-5-4-6-15(21)2/h4-12H,13H2,1-3H3,(H,26,28). The largest absolute Gasteiger partial charge is 0.483 e. The lowest BCUT2D eigenvalue weighted by Crippen LogP contribution is -2.20. The molecule has 0 aliphatic carbocycles. The number of fused-ring (bicyclic) bond motifs is 1. The fourth-order valence-electron chi connectivity index (χ4n) is 3.32. The van der Waals surface area contributed by atoms with Crippen LogP contribution in [-0.4, -0.2) is 17.5 Å². The van der Waals surface area contributed by atoms with Crippen molar-refractivity contribution < 1.29 is 13.9 Å². The summed E-state index contributed by atoms with van der Waals surface area (Å²) in [4.78, 5) is 16.9. The van der Waals surface area contributed by atoms with E-state index in [9.17, 15) is 4.79 Å². The highest BCUT2D eigenvalue weighted by atomic mass is 35.5. The second kappa shape index (κ2) is 8.20. The Kier molecular flexibility index (Phi) is 5.46. The van der Waals surface area contributed by atoms with Crippen LogP contribution in [-0.2, 0) is 4.79 Å². The van der Waals surface area contributed by atoms with E-state index in [0.29, 0.717) is 27.9 Å². The van der Waals surface area contributed by atoms with Crippen molar-refractivity contribution >= 4 is 34.3 Å². The monoisotopic (exact) mass is 420 g/mol. The van der Waals surface area contributed by atoms with Gasteiger partial charge in [0.1, 0.15) is 11.3 Å².